The standard InChI is InChI=1S/C8H3BrF3NO3/c9-5-2-1-4(3-14)6(8(10,11)12)7(5)13(15)16/h1-3H. The molecule has 1 rings (SSSR count). The van der Waals surface area contributed by atoms with E-state index in [-0.39, 0.29) is 10.8 Å². The van der Waals surface area contributed by atoms with Crippen molar-refractivity contribution >= 4 is 27.9 Å². The van der Waals surface area contributed by atoms with Crippen LogP contribution in [0.4, 0.5) is 18.9 Å². The van der Waals surface area contributed by atoms with Crippen LogP contribution in [0, 0.1) is 10.1 Å². The fourth-order valence-corrected chi connectivity index (χ4v) is 1.63. The number of aldehydes is 1. The summed E-state index contributed by atoms with van der Waals surface area (Å²) in [5, 5.41) is 10.5. The molecule has 0 N–H and O–H groups in total. The number of hydrogen-bond donors (Lipinski definition) is 0. The predicted octanol–water partition coefficient (Wildman–Crippen LogP) is 3.19. The van der Waals surface area contributed by atoms with E-state index in [0.29, 0.717) is 0 Å². The molecule has 0 amide bonds. The summed E-state index contributed by atoms with van der Waals surface area (Å²) in [5.74, 6) is 0. The highest BCUT2D eigenvalue weighted by Gasteiger charge is 2.42. The monoisotopic (exact) mass is 297 g/mol. The molecule has 0 aliphatic carbocycles. The van der Waals surface area contributed by atoms with Crippen molar-refractivity contribution < 1.29 is 22.9 Å². The van der Waals surface area contributed by atoms with E-state index >= 15 is 0 Å². The molecule has 0 bridgehead atoms. The number of rotatable bonds is 2. The van der Waals surface area contributed by atoms with Crippen LogP contribution in [0.15, 0.2) is 16.6 Å². The number of nitro groups is 1. The average Bonchev–Trinajstić information content (AvgIpc) is 2.15. The highest BCUT2D eigenvalue weighted by molar-refractivity contribution is 9.10. The molecule has 1 aromatic rings. The molecule has 0 atom stereocenters. The van der Waals surface area contributed by atoms with Gasteiger partial charge < -0.3 is 0 Å². The summed E-state index contributed by atoms with van der Waals surface area (Å²) >= 11 is 2.65. The van der Waals surface area contributed by atoms with E-state index in [9.17, 15) is 28.1 Å². The first-order valence-corrected chi connectivity index (χ1v) is 4.57. The van der Waals surface area contributed by atoms with Crippen molar-refractivity contribution in [1.29, 1.82) is 0 Å². The van der Waals surface area contributed by atoms with Gasteiger partial charge in [-0.1, -0.05) is 0 Å². The Balaban J connectivity index is 3.69. The fourth-order valence-electron chi connectivity index (χ4n) is 1.16. The summed E-state index contributed by atoms with van der Waals surface area (Å²) in [6, 6.07) is 1.89. The van der Waals surface area contributed by atoms with Crippen molar-refractivity contribution in [2.75, 3.05) is 0 Å². The number of nitro benzene ring substituents is 1. The minimum absolute atomic E-state index is 0.0672. The predicted molar refractivity (Wildman–Crippen MR) is 51.2 cm³/mol. The van der Waals surface area contributed by atoms with Crippen LogP contribution in [0.2, 0.25) is 0 Å². The molecular weight excluding hydrogens is 295 g/mol. The van der Waals surface area contributed by atoms with Gasteiger partial charge in [-0.25, -0.2) is 0 Å². The Bertz CT molecular complexity index is 459. The number of halogens is 4. The zero-order chi connectivity index (χ0) is 12.5. The first kappa shape index (κ1) is 12.6. The smallest absolute Gasteiger partial charge is 0.298 e. The maximum Gasteiger partial charge on any atom is 0.423 e. The van der Waals surface area contributed by atoms with Gasteiger partial charge in [-0.15, -0.1) is 0 Å². The number of alkyl halides is 3. The molecule has 4 nitrogen and oxygen atoms in total. The van der Waals surface area contributed by atoms with Crippen molar-refractivity contribution in [3.05, 3.63) is 37.8 Å². The molecule has 0 radical (unpaired) electrons. The molecule has 0 aliphatic heterocycles. The van der Waals surface area contributed by atoms with Crippen LogP contribution in [-0.2, 0) is 6.18 Å². The van der Waals surface area contributed by atoms with E-state index < -0.39 is 27.9 Å². The SMILES string of the molecule is O=Cc1ccc(Br)c([N+](=O)[O-])c1C(F)(F)F. The molecule has 0 heterocycles. The zero-order valence-electron chi connectivity index (χ0n) is 7.42. The number of carbonyl (C=O) groups is 1. The van der Waals surface area contributed by atoms with Crippen LogP contribution in [0.3, 0.4) is 0 Å². The van der Waals surface area contributed by atoms with Crippen LogP contribution < -0.4 is 0 Å². The lowest BCUT2D eigenvalue weighted by atomic mass is 10.1. The topological polar surface area (TPSA) is 60.2 Å². The largest absolute Gasteiger partial charge is 0.423 e. The van der Waals surface area contributed by atoms with E-state index in [1.54, 1.807) is 0 Å². The third-order valence-corrected chi connectivity index (χ3v) is 2.39. The van der Waals surface area contributed by atoms with Gasteiger partial charge in [-0.2, -0.15) is 13.2 Å². The molecule has 16 heavy (non-hydrogen) atoms. The van der Waals surface area contributed by atoms with Gasteiger partial charge >= 0.3 is 6.18 Å². The minimum Gasteiger partial charge on any atom is -0.298 e. The average molecular weight is 298 g/mol. The summed E-state index contributed by atoms with van der Waals surface area (Å²) < 4.78 is 37.3. The first-order valence-electron chi connectivity index (χ1n) is 3.78. The summed E-state index contributed by atoms with van der Waals surface area (Å²) in [7, 11) is 0. The maximum atomic E-state index is 12.6. The molecule has 0 aliphatic rings. The first-order chi connectivity index (χ1) is 7.29. The fraction of sp³-hybridized carbons (Fsp3) is 0.125. The summed E-state index contributed by atoms with van der Waals surface area (Å²) in [4.78, 5) is 19.8. The van der Waals surface area contributed by atoms with Gasteiger partial charge in [0, 0.05) is 5.56 Å². The molecule has 0 aromatic heterocycles. The molecule has 86 valence electrons. The molecule has 1 aromatic carbocycles. The van der Waals surface area contributed by atoms with Crippen molar-refractivity contribution in [1.82, 2.24) is 0 Å². The van der Waals surface area contributed by atoms with Crippen LogP contribution in [-0.4, -0.2) is 11.2 Å². The second kappa shape index (κ2) is 4.20. The van der Waals surface area contributed by atoms with Crippen LogP contribution in [0.1, 0.15) is 15.9 Å². The summed E-state index contributed by atoms with van der Waals surface area (Å²) in [6.45, 7) is 0. The number of nitrogens with zero attached hydrogens (tertiary/aromatic N) is 1. The number of benzene rings is 1. The number of carbonyl (C=O) groups excluding carboxylic acids is 1. The third kappa shape index (κ3) is 2.21. The van der Waals surface area contributed by atoms with Crippen LogP contribution in [0.25, 0.3) is 0 Å². The second-order valence-corrected chi connectivity index (χ2v) is 3.59. The molecule has 0 fully saturated rings. The second-order valence-electron chi connectivity index (χ2n) is 2.73. The minimum atomic E-state index is -4.96. The van der Waals surface area contributed by atoms with E-state index in [2.05, 4.69) is 15.9 Å². The van der Waals surface area contributed by atoms with Gasteiger partial charge in [-0.05, 0) is 28.1 Å². The molecule has 0 saturated carbocycles. The van der Waals surface area contributed by atoms with E-state index in [1.165, 1.54) is 0 Å². The summed E-state index contributed by atoms with van der Waals surface area (Å²) in [6.07, 6.45) is -5.02. The lowest BCUT2D eigenvalue weighted by molar-refractivity contribution is -0.388. The van der Waals surface area contributed by atoms with Crippen LogP contribution in [0.5, 0.6) is 0 Å². The van der Waals surface area contributed by atoms with Gasteiger partial charge in [0.15, 0.2) is 6.29 Å². The lowest BCUT2D eigenvalue weighted by Crippen LogP contribution is -2.12. The normalized spacial score (nSPS) is 11.2. The highest BCUT2D eigenvalue weighted by Crippen LogP contribution is 2.41. The Morgan fingerprint density at radius 1 is 1.38 bits per heavy atom. The van der Waals surface area contributed by atoms with E-state index in [0.717, 1.165) is 12.1 Å². The quantitative estimate of drug-likeness (QED) is 0.478. The zero-order valence-corrected chi connectivity index (χ0v) is 9.00. The van der Waals surface area contributed by atoms with Gasteiger partial charge in [0.2, 0.25) is 0 Å². The Morgan fingerprint density at radius 2 is 1.94 bits per heavy atom. The Hall–Kier alpha value is -1.44. The molecule has 0 unspecified atom stereocenters. The van der Waals surface area contributed by atoms with E-state index in [4.69, 9.17) is 0 Å². The van der Waals surface area contributed by atoms with Crippen LogP contribution >= 0.6 is 15.9 Å². The Labute approximate surface area is 95.3 Å². The molecular formula is C8H3BrF3NO3. The van der Waals surface area contributed by atoms with Gasteiger partial charge in [0.05, 0.1) is 9.40 Å². The number of hydrogen-bond acceptors (Lipinski definition) is 3. The van der Waals surface area contributed by atoms with Gasteiger partial charge in [0.1, 0.15) is 5.56 Å². The van der Waals surface area contributed by atoms with Crippen molar-refractivity contribution in [3.63, 3.8) is 0 Å². The maximum absolute atomic E-state index is 12.6. The van der Waals surface area contributed by atoms with Crippen molar-refractivity contribution in [2.45, 2.75) is 6.18 Å². The molecule has 0 saturated heterocycles. The Kier molecular flexibility index (Phi) is 3.32. The third-order valence-electron chi connectivity index (χ3n) is 1.75. The van der Waals surface area contributed by atoms with Crippen molar-refractivity contribution in [2.24, 2.45) is 0 Å². The lowest BCUT2D eigenvalue weighted by Gasteiger charge is -2.10. The van der Waals surface area contributed by atoms with Gasteiger partial charge in [-0.3, -0.25) is 14.9 Å². The highest BCUT2D eigenvalue weighted by atomic mass is 79.9. The van der Waals surface area contributed by atoms with E-state index in [1.807, 2.05) is 0 Å². The molecule has 0 spiro atoms. The Morgan fingerprint density at radius 3 is 2.31 bits per heavy atom. The van der Waals surface area contributed by atoms with Crippen molar-refractivity contribution in [3.8, 4) is 0 Å². The van der Waals surface area contributed by atoms with Gasteiger partial charge in [0.25, 0.3) is 5.69 Å². The summed E-state index contributed by atoms with van der Waals surface area (Å²) in [5.41, 5.74) is -3.46. The molecule has 8 heteroatoms.